The van der Waals surface area contributed by atoms with E-state index in [4.69, 9.17) is 11.6 Å². The monoisotopic (exact) mass is 408 g/mol. The van der Waals surface area contributed by atoms with Crippen molar-refractivity contribution in [2.24, 2.45) is 0 Å². The lowest BCUT2D eigenvalue weighted by Gasteiger charge is -2.31. The minimum absolute atomic E-state index is 0.0366. The highest BCUT2D eigenvalue weighted by atomic mass is 35.5. The second-order valence-corrected chi connectivity index (χ2v) is 4.36. The van der Waals surface area contributed by atoms with Crippen LogP contribution in [0.2, 0.25) is 0 Å². The molecule has 3 nitrogen and oxygen atoms in total. The van der Waals surface area contributed by atoms with Gasteiger partial charge in [0, 0.05) is 12.5 Å². The molecule has 0 N–H and O–H groups in total. The molecule has 0 bridgehead atoms. The lowest BCUT2D eigenvalue weighted by Crippen LogP contribution is -2.55. The normalized spacial score (nSPS) is 15.0. The van der Waals surface area contributed by atoms with E-state index in [-0.39, 0.29) is 12.3 Å². The molecule has 0 heterocycles. The number of hydrogen-bond acceptors (Lipinski definition) is 3. The molecule has 0 aromatic carbocycles. The van der Waals surface area contributed by atoms with Gasteiger partial charge in [0.25, 0.3) is 0 Å². The smallest absolute Gasteiger partial charge is 0.372 e. The van der Waals surface area contributed by atoms with Gasteiger partial charge in [0.05, 0.1) is 0 Å². The highest BCUT2D eigenvalue weighted by molar-refractivity contribution is 6.17. The summed E-state index contributed by atoms with van der Waals surface area (Å²) in [4.78, 5) is 0. The highest BCUT2D eigenvalue weighted by Crippen LogP contribution is 2.47. The van der Waals surface area contributed by atoms with Crippen molar-refractivity contribution in [3.8, 4) is 0 Å². The number of halogens is 12. The highest BCUT2D eigenvalue weighted by Gasteiger charge is 2.72. The maximum Gasteiger partial charge on any atom is 0.483 e. The van der Waals surface area contributed by atoms with Gasteiger partial charge < -0.3 is 4.74 Å². The van der Waals surface area contributed by atoms with Gasteiger partial charge in [0.1, 0.15) is 6.61 Å². The quantitative estimate of drug-likeness (QED) is 0.300. The van der Waals surface area contributed by atoms with Gasteiger partial charge in [0.15, 0.2) is 0 Å². The summed E-state index contributed by atoms with van der Waals surface area (Å²) in [6.07, 6.45) is -32.0. The zero-order valence-electron chi connectivity index (χ0n) is 11.1. The molecule has 0 atom stereocenters. The van der Waals surface area contributed by atoms with E-state index >= 15 is 0 Å². The fraction of sp³-hybridized carbons (Fsp3) is 1.00. The Morgan fingerprint density at radius 2 is 1.12 bits per heavy atom. The first-order valence-electron chi connectivity index (χ1n) is 5.59. The zero-order valence-corrected chi connectivity index (χ0v) is 11.8. The predicted octanol–water partition coefficient (Wildman–Crippen LogP) is 4.60. The van der Waals surface area contributed by atoms with Crippen molar-refractivity contribution in [2.45, 2.75) is 37.0 Å². The number of hydrogen-bond donors (Lipinski definition) is 0. The van der Waals surface area contributed by atoms with E-state index in [0.29, 0.717) is 0 Å². The van der Waals surface area contributed by atoms with E-state index in [1.807, 2.05) is 0 Å². The summed E-state index contributed by atoms with van der Waals surface area (Å²) in [6, 6.07) is 0. The van der Waals surface area contributed by atoms with E-state index in [2.05, 4.69) is 9.47 Å². The van der Waals surface area contributed by atoms with Crippen LogP contribution in [0.4, 0.5) is 48.3 Å². The maximum absolute atomic E-state index is 12.9. The first-order chi connectivity index (χ1) is 10.5. The molecule has 0 spiro atoms. The molecular weight excluding hydrogens is 401 g/mol. The largest absolute Gasteiger partial charge is 0.483 e. The molecule has 0 fully saturated rings. The Balaban J connectivity index is 5.00. The summed E-state index contributed by atoms with van der Waals surface area (Å²) in [5.41, 5.74) is 0. The van der Waals surface area contributed by atoms with Crippen molar-refractivity contribution in [3.63, 3.8) is 0 Å². The lowest BCUT2D eigenvalue weighted by molar-refractivity contribution is -0.537. The third-order valence-electron chi connectivity index (χ3n) is 1.90. The Hall–Kier alpha value is -0.600. The molecule has 0 saturated carbocycles. The van der Waals surface area contributed by atoms with Crippen LogP contribution in [0.3, 0.4) is 0 Å². The fourth-order valence-corrected chi connectivity index (χ4v) is 1.01. The SMILES string of the molecule is FC(F)(COCCCCl)OC(F)(F)C(F)(F)OC(F)(F)C(F)(F)F. The Morgan fingerprint density at radius 3 is 1.54 bits per heavy atom. The van der Waals surface area contributed by atoms with Crippen LogP contribution in [0.5, 0.6) is 0 Å². The van der Waals surface area contributed by atoms with Gasteiger partial charge in [-0.3, -0.25) is 0 Å². The zero-order chi connectivity index (χ0) is 19.4. The van der Waals surface area contributed by atoms with E-state index in [9.17, 15) is 48.3 Å². The van der Waals surface area contributed by atoms with Gasteiger partial charge >= 0.3 is 30.6 Å². The Labute approximate surface area is 131 Å². The van der Waals surface area contributed by atoms with E-state index < -0.39 is 43.8 Å². The molecule has 0 aliphatic carbocycles. The van der Waals surface area contributed by atoms with Crippen LogP contribution in [0.15, 0.2) is 0 Å². The minimum Gasteiger partial charge on any atom is -0.372 e. The van der Waals surface area contributed by atoms with Crippen molar-refractivity contribution in [2.75, 3.05) is 19.1 Å². The Morgan fingerprint density at radius 1 is 0.667 bits per heavy atom. The molecule has 0 aromatic heterocycles. The molecule has 0 unspecified atom stereocenters. The average molecular weight is 409 g/mol. The predicted molar refractivity (Wildman–Crippen MR) is 54.2 cm³/mol. The number of rotatable bonds is 10. The van der Waals surface area contributed by atoms with Gasteiger partial charge in [-0.15, -0.1) is 11.6 Å². The molecule has 0 rings (SSSR count). The van der Waals surface area contributed by atoms with Crippen molar-refractivity contribution >= 4 is 11.6 Å². The molecule has 0 aromatic rings. The first kappa shape index (κ1) is 23.4. The summed E-state index contributed by atoms with van der Waals surface area (Å²) in [6.45, 7) is -2.54. The molecule has 0 amide bonds. The van der Waals surface area contributed by atoms with Crippen LogP contribution < -0.4 is 0 Å². The Kier molecular flexibility index (Phi) is 7.55. The number of ether oxygens (including phenoxy) is 3. The molecule has 15 heteroatoms. The maximum atomic E-state index is 12.9. The van der Waals surface area contributed by atoms with Gasteiger partial charge in [-0.05, 0) is 6.42 Å². The molecule has 0 saturated heterocycles. The van der Waals surface area contributed by atoms with Crippen LogP contribution in [0, 0.1) is 0 Å². The topological polar surface area (TPSA) is 27.7 Å². The standard InChI is InChI=1S/C9H8ClF11O3/c10-2-1-3-22-4-5(11,12)23-8(18,19)9(20,21)24-7(16,17)6(13,14)15/h1-4H2. The number of alkyl halides is 12. The molecule has 0 aliphatic heterocycles. The third kappa shape index (κ3) is 6.72. The van der Waals surface area contributed by atoms with Crippen LogP contribution in [0.1, 0.15) is 6.42 Å². The van der Waals surface area contributed by atoms with E-state index in [1.165, 1.54) is 0 Å². The Bertz CT molecular complexity index is 399. The molecule has 24 heavy (non-hydrogen) atoms. The summed E-state index contributed by atoms with van der Waals surface area (Å²) < 4.78 is 144. The van der Waals surface area contributed by atoms with Gasteiger partial charge in [-0.2, -0.15) is 48.3 Å². The fourth-order valence-electron chi connectivity index (χ4n) is 0.902. The van der Waals surface area contributed by atoms with Crippen molar-refractivity contribution < 1.29 is 62.5 Å². The van der Waals surface area contributed by atoms with Crippen LogP contribution in [-0.4, -0.2) is 49.7 Å². The van der Waals surface area contributed by atoms with Crippen molar-refractivity contribution in [1.29, 1.82) is 0 Å². The average Bonchev–Trinajstić information content (AvgIpc) is 2.30. The summed E-state index contributed by atoms with van der Waals surface area (Å²) in [7, 11) is 0. The van der Waals surface area contributed by atoms with Crippen LogP contribution in [0.25, 0.3) is 0 Å². The summed E-state index contributed by atoms with van der Waals surface area (Å²) >= 11 is 5.12. The van der Waals surface area contributed by atoms with E-state index in [0.717, 1.165) is 0 Å². The van der Waals surface area contributed by atoms with Crippen molar-refractivity contribution in [3.05, 3.63) is 0 Å². The van der Waals surface area contributed by atoms with Gasteiger partial charge in [0.2, 0.25) is 0 Å². The van der Waals surface area contributed by atoms with E-state index in [1.54, 1.807) is 4.74 Å². The third-order valence-corrected chi connectivity index (χ3v) is 2.16. The summed E-state index contributed by atoms with van der Waals surface area (Å²) in [5.74, 6) is -0.0823. The van der Waals surface area contributed by atoms with Gasteiger partial charge in [-0.1, -0.05) is 0 Å². The molecule has 0 radical (unpaired) electrons. The molecule has 0 aliphatic rings. The summed E-state index contributed by atoms with van der Waals surface area (Å²) in [5, 5.41) is 0. The lowest BCUT2D eigenvalue weighted by atomic mass is 10.5. The second kappa shape index (κ2) is 7.74. The molecule has 146 valence electrons. The van der Waals surface area contributed by atoms with Gasteiger partial charge in [-0.25, -0.2) is 9.47 Å². The molecular formula is C9H8ClF11O3. The van der Waals surface area contributed by atoms with Crippen molar-refractivity contribution in [1.82, 2.24) is 0 Å². The van der Waals surface area contributed by atoms with Crippen LogP contribution in [-0.2, 0) is 14.2 Å². The van der Waals surface area contributed by atoms with Crippen LogP contribution >= 0.6 is 11.6 Å². The first-order valence-corrected chi connectivity index (χ1v) is 6.13. The second-order valence-electron chi connectivity index (χ2n) is 3.98. The minimum atomic E-state index is -6.81.